The van der Waals surface area contributed by atoms with Crippen molar-refractivity contribution in [1.82, 2.24) is 4.90 Å². The van der Waals surface area contributed by atoms with Gasteiger partial charge in [0.05, 0.1) is 18.9 Å². The molecule has 0 aliphatic carbocycles. The van der Waals surface area contributed by atoms with Gasteiger partial charge in [0.25, 0.3) is 0 Å². The second kappa shape index (κ2) is 8.41. The average molecular weight is 341 g/mol. The van der Waals surface area contributed by atoms with Gasteiger partial charge in [-0.2, -0.15) is 0 Å². The van der Waals surface area contributed by atoms with Crippen molar-refractivity contribution in [1.29, 1.82) is 0 Å². The zero-order chi connectivity index (χ0) is 16.8. The first-order valence-corrected chi connectivity index (χ1v) is 8.44. The number of carbonyl (C=O) groups is 1. The molecule has 128 valence electrons. The largest absolute Gasteiger partial charge is 0.495 e. The van der Waals surface area contributed by atoms with Crippen LogP contribution in [0.5, 0.6) is 5.75 Å². The normalized spacial score (nSPS) is 17.9. The SMILES string of the molecule is CCCO[C@H]1CCCN(C(=O)Nc2cc(C)c(Cl)cc2OC)C1. The highest BCUT2D eigenvalue weighted by Gasteiger charge is 2.24. The number of halogens is 1. The fourth-order valence-electron chi connectivity index (χ4n) is 2.67. The smallest absolute Gasteiger partial charge is 0.322 e. The van der Waals surface area contributed by atoms with Gasteiger partial charge in [0, 0.05) is 30.8 Å². The van der Waals surface area contributed by atoms with E-state index in [-0.39, 0.29) is 12.1 Å². The molecule has 0 bridgehead atoms. The third kappa shape index (κ3) is 4.75. The van der Waals surface area contributed by atoms with Crippen LogP contribution in [-0.4, -0.2) is 43.8 Å². The first-order chi connectivity index (χ1) is 11.0. The molecule has 5 nitrogen and oxygen atoms in total. The lowest BCUT2D eigenvalue weighted by Gasteiger charge is -2.32. The third-order valence-electron chi connectivity index (χ3n) is 3.95. The van der Waals surface area contributed by atoms with Crippen LogP contribution in [0.4, 0.5) is 10.5 Å². The first kappa shape index (κ1) is 17.9. The molecule has 2 amide bonds. The van der Waals surface area contributed by atoms with Crippen molar-refractivity contribution in [2.24, 2.45) is 0 Å². The predicted octanol–water partition coefficient (Wildman–Crippen LogP) is 4.08. The van der Waals surface area contributed by atoms with Crippen LogP contribution in [0.1, 0.15) is 31.7 Å². The number of urea groups is 1. The monoisotopic (exact) mass is 340 g/mol. The van der Waals surface area contributed by atoms with E-state index in [4.69, 9.17) is 21.1 Å². The Bertz CT molecular complexity index is 551. The molecule has 0 aromatic heterocycles. The van der Waals surface area contributed by atoms with Gasteiger partial charge in [-0.05, 0) is 37.8 Å². The number of aryl methyl sites for hydroxylation is 1. The second-order valence-corrected chi connectivity index (χ2v) is 6.22. The summed E-state index contributed by atoms with van der Waals surface area (Å²) in [7, 11) is 1.56. The Balaban J connectivity index is 2.02. The number of carbonyl (C=O) groups excluding carboxylic acids is 1. The maximum absolute atomic E-state index is 12.5. The number of methoxy groups -OCH3 is 1. The Kier molecular flexibility index (Phi) is 6.54. The minimum absolute atomic E-state index is 0.128. The fraction of sp³-hybridized carbons (Fsp3) is 0.588. The number of amides is 2. The molecule has 1 aliphatic rings. The van der Waals surface area contributed by atoms with E-state index < -0.39 is 0 Å². The molecule has 2 rings (SSSR count). The molecule has 1 saturated heterocycles. The van der Waals surface area contributed by atoms with Crippen LogP contribution >= 0.6 is 11.6 Å². The number of rotatable bonds is 5. The molecule has 1 aliphatic heterocycles. The van der Waals surface area contributed by atoms with Crippen LogP contribution in [-0.2, 0) is 4.74 Å². The van der Waals surface area contributed by atoms with Gasteiger partial charge in [-0.1, -0.05) is 18.5 Å². The summed E-state index contributed by atoms with van der Waals surface area (Å²) in [6.45, 7) is 6.09. The van der Waals surface area contributed by atoms with Gasteiger partial charge < -0.3 is 19.7 Å². The van der Waals surface area contributed by atoms with Crippen molar-refractivity contribution in [3.63, 3.8) is 0 Å². The highest BCUT2D eigenvalue weighted by atomic mass is 35.5. The average Bonchev–Trinajstić information content (AvgIpc) is 2.56. The second-order valence-electron chi connectivity index (χ2n) is 5.81. The summed E-state index contributed by atoms with van der Waals surface area (Å²) in [5, 5.41) is 3.54. The van der Waals surface area contributed by atoms with Crippen LogP contribution < -0.4 is 10.1 Å². The Hall–Kier alpha value is -1.46. The number of hydrogen-bond acceptors (Lipinski definition) is 3. The molecule has 1 heterocycles. The Morgan fingerprint density at radius 1 is 1.48 bits per heavy atom. The lowest BCUT2D eigenvalue weighted by Crippen LogP contribution is -2.45. The highest BCUT2D eigenvalue weighted by Crippen LogP contribution is 2.31. The summed E-state index contributed by atoms with van der Waals surface area (Å²) in [5.74, 6) is 0.560. The van der Waals surface area contributed by atoms with Gasteiger partial charge in [-0.3, -0.25) is 0 Å². The Morgan fingerprint density at radius 3 is 2.96 bits per heavy atom. The van der Waals surface area contributed by atoms with Crippen LogP contribution in [0.25, 0.3) is 0 Å². The van der Waals surface area contributed by atoms with Crippen LogP contribution in [0.3, 0.4) is 0 Å². The van der Waals surface area contributed by atoms with Gasteiger partial charge in [-0.25, -0.2) is 4.79 Å². The van der Waals surface area contributed by atoms with Crippen LogP contribution in [0, 0.1) is 6.92 Å². The van der Waals surface area contributed by atoms with Crippen molar-refractivity contribution in [3.05, 3.63) is 22.7 Å². The summed E-state index contributed by atoms with van der Waals surface area (Å²) in [6, 6.07) is 3.42. The molecule has 0 unspecified atom stereocenters. The van der Waals surface area contributed by atoms with Gasteiger partial charge >= 0.3 is 6.03 Å². The number of nitrogens with zero attached hydrogens (tertiary/aromatic N) is 1. The number of piperidine rings is 1. The van der Waals surface area contributed by atoms with Crippen molar-refractivity contribution in [2.45, 2.75) is 39.2 Å². The summed E-state index contributed by atoms with van der Waals surface area (Å²) >= 11 is 6.10. The lowest BCUT2D eigenvalue weighted by molar-refractivity contribution is 0.0115. The van der Waals surface area contributed by atoms with Crippen molar-refractivity contribution in [3.8, 4) is 5.75 Å². The Morgan fingerprint density at radius 2 is 2.26 bits per heavy atom. The predicted molar refractivity (Wildman–Crippen MR) is 92.6 cm³/mol. The molecule has 1 aromatic carbocycles. The summed E-state index contributed by atoms with van der Waals surface area (Å²) in [6.07, 6.45) is 3.08. The Labute approximate surface area is 142 Å². The van der Waals surface area contributed by atoms with Gasteiger partial charge in [-0.15, -0.1) is 0 Å². The summed E-state index contributed by atoms with van der Waals surface area (Å²) < 4.78 is 11.1. The van der Waals surface area contributed by atoms with E-state index in [1.165, 1.54) is 0 Å². The van der Waals surface area contributed by atoms with E-state index in [2.05, 4.69) is 12.2 Å². The summed E-state index contributed by atoms with van der Waals surface area (Å²) in [4.78, 5) is 14.3. The van der Waals surface area contributed by atoms with E-state index in [0.29, 0.717) is 23.0 Å². The topological polar surface area (TPSA) is 50.8 Å². The van der Waals surface area contributed by atoms with E-state index in [1.54, 1.807) is 18.1 Å². The lowest BCUT2D eigenvalue weighted by atomic mass is 10.1. The molecule has 6 heteroatoms. The van der Waals surface area contributed by atoms with Crippen molar-refractivity contribution in [2.75, 3.05) is 32.1 Å². The van der Waals surface area contributed by atoms with E-state index in [0.717, 1.165) is 38.0 Å². The maximum atomic E-state index is 12.5. The van der Waals surface area contributed by atoms with E-state index in [9.17, 15) is 4.79 Å². The zero-order valence-electron chi connectivity index (χ0n) is 14.0. The number of nitrogens with one attached hydrogen (secondary N) is 1. The van der Waals surface area contributed by atoms with Gasteiger partial charge in [0.1, 0.15) is 5.75 Å². The maximum Gasteiger partial charge on any atom is 0.322 e. The third-order valence-corrected chi connectivity index (χ3v) is 4.35. The number of anilines is 1. The molecule has 1 N–H and O–H groups in total. The first-order valence-electron chi connectivity index (χ1n) is 8.06. The molecule has 23 heavy (non-hydrogen) atoms. The van der Waals surface area contributed by atoms with Crippen molar-refractivity contribution >= 4 is 23.3 Å². The molecule has 0 radical (unpaired) electrons. The molecular weight excluding hydrogens is 316 g/mol. The van der Waals surface area contributed by atoms with Gasteiger partial charge in [0.2, 0.25) is 0 Å². The quantitative estimate of drug-likeness (QED) is 0.878. The molecular formula is C17H25ClN2O3. The molecule has 1 atom stereocenters. The number of benzene rings is 1. The standard InChI is InChI=1S/C17H25ClN2O3/c1-4-8-23-13-6-5-7-20(11-13)17(21)19-15-9-12(2)14(18)10-16(15)22-3/h9-10,13H,4-8,11H2,1-3H3,(H,19,21)/t13-/m0/s1. The zero-order valence-corrected chi connectivity index (χ0v) is 14.8. The number of likely N-dealkylation sites (tertiary alicyclic amines) is 1. The molecule has 0 spiro atoms. The van der Waals surface area contributed by atoms with Crippen LogP contribution in [0.2, 0.25) is 5.02 Å². The van der Waals surface area contributed by atoms with E-state index in [1.807, 2.05) is 13.0 Å². The van der Waals surface area contributed by atoms with Crippen molar-refractivity contribution < 1.29 is 14.3 Å². The minimum Gasteiger partial charge on any atom is -0.495 e. The summed E-state index contributed by atoms with van der Waals surface area (Å²) in [5.41, 5.74) is 1.53. The van der Waals surface area contributed by atoms with E-state index >= 15 is 0 Å². The molecule has 1 fully saturated rings. The number of hydrogen-bond donors (Lipinski definition) is 1. The molecule has 1 aromatic rings. The minimum atomic E-state index is -0.130. The van der Waals surface area contributed by atoms with Gasteiger partial charge in [0.15, 0.2) is 0 Å². The number of ether oxygens (including phenoxy) is 2. The fourth-order valence-corrected chi connectivity index (χ4v) is 2.82. The molecule has 0 saturated carbocycles. The van der Waals surface area contributed by atoms with Crippen LogP contribution in [0.15, 0.2) is 12.1 Å². The highest BCUT2D eigenvalue weighted by molar-refractivity contribution is 6.31.